The van der Waals surface area contributed by atoms with E-state index >= 15 is 0 Å². The number of carbonyl (C=O) groups excluding carboxylic acids is 1. The maximum atomic E-state index is 12.5. The van der Waals surface area contributed by atoms with Gasteiger partial charge >= 0.3 is 6.18 Å². The molecule has 0 saturated carbocycles. The van der Waals surface area contributed by atoms with Gasteiger partial charge in [-0.25, -0.2) is 4.98 Å². The lowest BCUT2D eigenvalue weighted by Gasteiger charge is -2.13. The Labute approximate surface area is 146 Å². The molecule has 0 fully saturated rings. The Morgan fingerprint density at radius 3 is 2.58 bits per heavy atom. The molecule has 1 N–H and O–H groups in total. The quantitative estimate of drug-likeness (QED) is 0.780. The summed E-state index contributed by atoms with van der Waals surface area (Å²) in [6.45, 7) is 1.94. The van der Waals surface area contributed by atoms with Gasteiger partial charge in [-0.1, -0.05) is 41.6 Å². The van der Waals surface area contributed by atoms with Gasteiger partial charge in [-0.3, -0.25) is 4.79 Å². The summed E-state index contributed by atoms with van der Waals surface area (Å²) in [6.07, 6.45) is -3.66. The van der Waals surface area contributed by atoms with Gasteiger partial charge in [-0.05, 0) is 30.7 Å². The Morgan fingerprint density at radius 1 is 1.29 bits per heavy atom. The van der Waals surface area contributed by atoms with Gasteiger partial charge in [0.1, 0.15) is 0 Å². The molecule has 24 heavy (non-hydrogen) atoms. The minimum atomic E-state index is -4.42. The molecule has 2 aromatic rings. The molecule has 8 heteroatoms. The fraction of sp³-hybridized carbons (Fsp3) is 0.250. The third kappa shape index (κ3) is 5.14. The number of carbonyl (C=O) groups is 1. The number of benzene rings is 1. The Balaban J connectivity index is 1.91. The van der Waals surface area contributed by atoms with Crippen LogP contribution in [0.1, 0.15) is 18.1 Å². The number of rotatable bonds is 5. The van der Waals surface area contributed by atoms with Crippen molar-refractivity contribution in [2.24, 2.45) is 0 Å². The molecule has 128 valence electrons. The Hall–Kier alpha value is -1.73. The van der Waals surface area contributed by atoms with Crippen LogP contribution in [-0.4, -0.2) is 16.1 Å². The Kier molecular flexibility index (Phi) is 6.12. The number of alkyl halides is 3. The largest absolute Gasteiger partial charge is 0.417 e. The topological polar surface area (TPSA) is 42.0 Å². The summed E-state index contributed by atoms with van der Waals surface area (Å²) in [7, 11) is 0. The first-order chi connectivity index (χ1) is 11.3. The smallest absolute Gasteiger partial charge is 0.351 e. The zero-order valence-electron chi connectivity index (χ0n) is 12.6. The first kappa shape index (κ1) is 18.6. The minimum Gasteiger partial charge on any atom is -0.351 e. The summed E-state index contributed by atoms with van der Waals surface area (Å²) in [5, 5.41) is 3.15. The highest BCUT2D eigenvalue weighted by Gasteiger charge is 2.30. The van der Waals surface area contributed by atoms with Gasteiger partial charge < -0.3 is 5.32 Å². The monoisotopic (exact) mass is 374 g/mol. The molecule has 1 aromatic heterocycles. The van der Waals surface area contributed by atoms with Crippen molar-refractivity contribution in [3.8, 4) is 0 Å². The van der Waals surface area contributed by atoms with Crippen LogP contribution in [0.4, 0.5) is 13.2 Å². The molecule has 0 aliphatic rings. The second kappa shape index (κ2) is 7.90. The van der Waals surface area contributed by atoms with Crippen LogP contribution >= 0.6 is 23.4 Å². The molecular formula is C16H14ClF3N2OS. The molecule has 1 aromatic carbocycles. The summed E-state index contributed by atoms with van der Waals surface area (Å²) in [4.78, 5) is 15.8. The fourth-order valence-electron chi connectivity index (χ4n) is 1.82. The highest BCUT2D eigenvalue weighted by atomic mass is 35.5. The number of pyridine rings is 1. The average molecular weight is 375 g/mol. The summed E-state index contributed by atoms with van der Waals surface area (Å²) < 4.78 is 37.4. The molecular weight excluding hydrogens is 361 g/mol. The molecule has 3 nitrogen and oxygen atoms in total. The number of hydrogen-bond donors (Lipinski definition) is 1. The zero-order chi connectivity index (χ0) is 17.7. The summed E-state index contributed by atoms with van der Waals surface area (Å²) in [5.41, 5.74) is -0.0277. The van der Waals surface area contributed by atoms with E-state index < -0.39 is 17.0 Å². The average Bonchev–Trinajstić information content (AvgIpc) is 2.53. The lowest BCUT2D eigenvalue weighted by Crippen LogP contribution is -2.30. The molecule has 1 atom stereocenters. The van der Waals surface area contributed by atoms with Gasteiger partial charge in [-0.15, -0.1) is 0 Å². The predicted molar refractivity (Wildman–Crippen MR) is 87.9 cm³/mol. The van der Waals surface area contributed by atoms with E-state index in [9.17, 15) is 18.0 Å². The minimum absolute atomic E-state index is 0.249. The summed E-state index contributed by atoms with van der Waals surface area (Å²) in [5.74, 6) is -0.249. The Morgan fingerprint density at radius 2 is 2.00 bits per heavy atom. The number of hydrogen-bond acceptors (Lipinski definition) is 3. The van der Waals surface area contributed by atoms with Crippen LogP contribution in [0.25, 0.3) is 0 Å². The second-order valence-corrected chi connectivity index (χ2v) is 6.72. The van der Waals surface area contributed by atoms with Crippen molar-refractivity contribution in [3.05, 3.63) is 58.7 Å². The van der Waals surface area contributed by atoms with Gasteiger partial charge in [0.05, 0.1) is 15.8 Å². The van der Waals surface area contributed by atoms with E-state index in [2.05, 4.69) is 10.3 Å². The van der Waals surface area contributed by atoms with Gasteiger partial charge in [0.15, 0.2) is 0 Å². The van der Waals surface area contributed by atoms with Crippen molar-refractivity contribution in [3.63, 3.8) is 0 Å². The van der Waals surface area contributed by atoms with Gasteiger partial charge in [0.25, 0.3) is 0 Å². The van der Waals surface area contributed by atoms with E-state index in [0.717, 1.165) is 29.6 Å². The van der Waals surface area contributed by atoms with Crippen molar-refractivity contribution >= 4 is 29.3 Å². The lowest BCUT2D eigenvalue weighted by atomic mass is 10.2. The van der Waals surface area contributed by atoms with E-state index in [-0.39, 0.29) is 12.5 Å². The third-order valence-electron chi connectivity index (χ3n) is 3.14. The number of nitrogens with zero attached hydrogens (tertiary/aromatic N) is 1. The molecule has 0 spiro atoms. The van der Waals surface area contributed by atoms with Gasteiger partial charge in [0, 0.05) is 17.8 Å². The van der Waals surface area contributed by atoms with Crippen molar-refractivity contribution in [1.29, 1.82) is 0 Å². The van der Waals surface area contributed by atoms with Gasteiger partial charge in [-0.2, -0.15) is 13.2 Å². The molecule has 0 aliphatic carbocycles. The zero-order valence-corrected chi connectivity index (χ0v) is 14.2. The molecule has 1 amide bonds. The van der Waals surface area contributed by atoms with Crippen molar-refractivity contribution in [1.82, 2.24) is 10.3 Å². The van der Waals surface area contributed by atoms with Crippen LogP contribution in [0.3, 0.4) is 0 Å². The summed E-state index contributed by atoms with van der Waals surface area (Å²) in [6, 6.07) is 9.35. The highest BCUT2D eigenvalue weighted by molar-refractivity contribution is 8.00. The number of thioether (sulfide) groups is 1. The molecule has 2 rings (SSSR count). The Bertz CT molecular complexity index is 707. The molecule has 0 bridgehead atoms. The number of nitrogens with one attached hydrogen (secondary N) is 1. The number of halogens is 4. The van der Waals surface area contributed by atoms with Crippen molar-refractivity contribution < 1.29 is 18.0 Å². The number of aromatic nitrogens is 1. The van der Waals surface area contributed by atoms with E-state index in [1.165, 1.54) is 6.07 Å². The molecule has 0 unspecified atom stereocenters. The van der Waals surface area contributed by atoms with E-state index in [1.807, 2.05) is 6.07 Å². The maximum Gasteiger partial charge on any atom is 0.417 e. The molecule has 0 aliphatic heterocycles. The van der Waals surface area contributed by atoms with E-state index in [0.29, 0.717) is 10.0 Å². The maximum absolute atomic E-state index is 12.5. The standard InChI is InChI=1S/C16H14ClF3N2OS/c1-10(15(23)22-8-11-4-2-3-5-13(11)17)24-14-7-6-12(9-21-14)16(18,19)20/h2-7,9-10H,8H2,1H3,(H,22,23)/t10-/m1/s1. The molecule has 0 saturated heterocycles. The molecule has 0 radical (unpaired) electrons. The van der Waals surface area contributed by atoms with Crippen molar-refractivity contribution in [2.45, 2.75) is 29.9 Å². The van der Waals surface area contributed by atoms with Crippen LogP contribution in [0.15, 0.2) is 47.6 Å². The third-order valence-corrected chi connectivity index (χ3v) is 4.56. The lowest BCUT2D eigenvalue weighted by molar-refractivity contribution is -0.137. The fourth-order valence-corrected chi connectivity index (χ4v) is 2.84. The normalized spacial score (nSPS) is 12.7. The molecule has 1 heterocycles. The van der Waals surface area contributed by atoms with Crippen LogP contribution in [0.2, 0.25) is 5.02 Å². The van der Waals surface area contributed by atoms with Crippen LogP contribution in [0, 0.1) is 0 Å². The predicted octanol–water partition coefficient (Wildman–Crippen LogP) is 4.55. The number of amides is 1. The highest BCUT2D eigenvalue weighted by Crippen LogP contribution is 2.30. The van der Waals surface area contributed by atoms with Crippen LogP contribution < -0.4 is 5.32 Å². The van der Waals surface area contributed by atoms with Crippen LogP contribution in [-0.2, 0) is 17.5 Å². The van der Waals surface area contributed by atoms with E-state index in [1.54, 1.807) is 25.1 Å². The van der Waals surface area contributed by atoms with Crippen LogP contribution in [0.5, 0.6) is 0 Å². The van der Waals surface area contributed by atoms with Crippen molar-refractivity contribution in [2.75, 3.05) is 0 Å². The SMILES string of the molecule is C[C@@H](Sc1ccc(C(F)(F)F)cn1)C(=O)NCc1ccccc1Cl. The van der Waals surface area contributed by atoms with E-state index in [4.69, 9.17) is 11.6 Å². The summed E-state index contributed by atoms with van der Waals surface area (Å²) >= 11 is 7.10. The van der Waals surface area contributed by atoms with Gasteiger partial charge in [0.2, 0.25) is 5.91 Å². The second-order valence-electron chi connectivity index (χ2n) is 4.95. The first-order valence-corrected chi connectivity index (χ1v) is 8.24. The first-order valence-electron chi connectivity index (χ1n) is 6.98.